The van der Waals surface area contributed by atoms with Crippen LogP contribution in [0.2, 0.25) is 0 Å². The summed E-state index contributed by atoms with van der Waals surface area (Å²) in [5.41, 5.74) is -1.28. The van der Waals surface area contributed by atoms with Gasteiger partial charge in [0.15, 0.2) is 19.1 Å². The number of aliphatic hydroxyl groups excluding tert-OH is 5. The number of phosphoric acid groups is 2. The topological polar surface area (TPSA) is 373 Å². The molecule has 3 aromatic rings. The van der Waals surface area contributed by atoms with E-state index in [1.54, 1.807) is 19.1 Å². The summed E-state index contributed by atoms with van der Waals surface area (Å²) in [4.78, 5) is 78.9. The number of nitrogens with zero attached hydrogens (tertiary/aromatic N) is 2. The smallest absolute Gasteiger partial charge is 0.756 e. The van der Waals surface area contributed by atoms with E-state index in [0.29, 0.717) is 28.7 Å². The van der Waals surface area contributed by atoms with Crippen molar-refractivity contribution in [2.75, 3.05) is 26.4 Å². The maximum atomic E-state index is 12.5. The average molecular weight is 911 g/mol. The predicted molar refractivity (Wildman–Crippen MR) is 187 cm³/mol. The van der Waals surface area contributed by atoms with Gasteiger partial charge >= 0.3 is 70.4 Å². The van der Waals surface area contributed by atoms with E-state index >= 15 is 0 Å². The minimum atomic E-state index is -6.03. The fourth-order valence-corrected chi connectivity index (χ4v) is 7.62. The molecule has 3 unspecified atom stereocenters. The van der Waals surface area contributed by atoms with Crippen molar-refractivity contribution in [2.45, 2.75) is 75.0 Å². The van der Waals surface area contributed by atoms with Crippen LogP contribution in [0.5, 0.6) is 5.75 Å². The number of aromatic amines is 1. The fraction of sp³-hybridized carbons (Fsp3) is 0.516. The van der Waals surface area contributed by atoms with Crippen molar-refractivity contribution in [3.8, 4) is 5.75 Å². The number of hydrogen-bond acceptors (Lipinski definition) is 22. The molecule has 7 N–H and O–H groups in total. The number of phosphoric ester groups is 2. The van der Waals surface area contributed by atoms with Crippen molar-refractivity contribution in [1.82, 2.24) is 14.9 Å². The van der Waals surface area contributed by atoms with E-state index in [2.05, 4.69) is 23.8 Å². The number of fused-ring (bicyclic) bond motifs is 1. The van der Waals surface area contributed by atoms with Crippen LogP contribution in [0.3, 0.4) is 0 Å². The van der Waals surface area contributed by atoms with E-state index in [4.69, 9.17) is 23.5 Å². The van der Waals surface area contributed by atoms with E-state index in [1.807, 2.05) is 4.98 Å². The van der Waals surface area contributed by atoms with Crippen molar-refractivity contribution < 1.29 is 145 Å². The van der Waals surface area contributed by atoms with Crippen molar-refractivity contribution in [3.63, 3.8) is 0 Å². The number of rotatable bonds is 18. The summed E-state index contributed by atoms with van der Waals surface area (Å²) >= 11 is 0. The molecule has 29 heteroatoms. The van der Waals surface area contributed by atoms with Gasteiger partial charge in [-0.2, -0.15) is 0 Å². The fourth-order valence-electron chi connectivity index (χ4n) is 5.54. The molecule has 5 rings (SSSR count). The van der Waals surface area contributed by atoms with Crippen LogP contribution in [-0.2, 0) is 41.6 Å². The molecule has 2 saturated heterocycles. The van der Waals surface area contributed by atoms with Crippen molar-refractivity contribution >= 4 is 38.7 Å². The first kappa shape index (κ1) is 52.2. The molecule has 0 saturated carbocycles. The number of carbonyl (C=O) groups excluding carboxylic acids is 1. The molecule has 4 heterocycles. The third kappa shape index (κ3) is 14.2. The third-order valence-corrected chi connectivity index (χ3v) is 11.0. The number of unbranched alkanes of at least 4 members (excludes halogenated alkanes) is 1. The Morgan fingerprint density at radius 3 is 2.42 bits per heavy atom. The number of aryl methyl sites for hydroxylation is 1. The quantitative estimate of drug-likeness (QED) is 0.0156. The van der Waals surface area contributed by atoms with E-state index in [-0.39, 0.29) is 78.9 Å². The molecule has 25 nitrogen and oxygen atoms in total. The summed E-state index contributed by atoms with van der Waals surface area (Å²) in [6.45, 7) is 0.510. The van der Waals surface area contributed by atoms with E-state index in [0.717, 1.165) is 29.4 Å². The summed E-state index contributed by atoms with van der Waals surface area (Å²) in [5.74, 6) is -0.108. The number of benzene rings is 1. The second-order valence-corrected chi connectivity index (χ2v) is 15.6. The molecular weight excluding hydrogens is 872 g/mol. The molecule has 2 aromatic heterocycles. The maximum absolute atomic E-state index is 12.5. The number of hydrogen-bond donors (Lipinski definition) is 7. The Bertz CT molecular complexity index is 2230. The first-order valence-corrected chi connectivity index (χ1v) is 20.0. The van der Waals surface area contributed by atoms with Gasteiger partial charge in [0, 0.05) is 36.3 Å². The summed E-state index contributed by atoms with van der Waals surface area (Å²) < 4.78 is 59.4. The molecule has 320 valence electrons. The van der Waals surface area contributed by atoms with Gasteiger partial charge in [0.25, 0.3) is 27.1 Å². The van der Waals surface area contributed by atoms with E-state index in [1.165, 1.54) is 12.1 Å². The molecule has 11 atom stereocenters. The number of aliphatic hydroxyl groups is 5. The number of nitrogens with one attached hydrogen (secondary N) is 2. The Morgan fingerprint density at radius 1 is 0.967 bits per heavy atom. The van der Waals surface area contributed by atoms with Gasteiger partial charge in [-0.1, -0.05) is 5.16 Å². The second-order valence-electron chi connectivity index (χ2n) is 12.7. The normalized spacial score (nSPS) is 27.3. The number of ether oxygens (including phenoxy) is 3. The first-order chi connectivity index (χ1) is 27.3. The summed E-state index contributed by atoms with van der Waals surface area (Å²) in [7, 11) is -11.9. The largest absolute Gasteiger partial charge is 1.00 e. The Kier molecular flexibility index (Phi) is 20.0. The van der Waals surface area contributed by atoms with Gasteiger partial charge in [-0.05, 0) is 37.5 Å². The van der Waals surface area contributed by atoms with Crippen LogP contribution >= 0.6 is 15.6 Å². The Hall–Kier alpha value is -2.17. The van der Waals surface area contributed by atoms with Gasteiger partial charge in [-0.25, -0.2) is 13.9 Å². The second kappa shape index (κ2) is 23.0. The zero-order chi connectivity index (χ0) is 42.4. The minimum Gasteiger partial charge on any atom is -0.756 e. The molecule has 2 aliphatic heterocycles. The first-order valence-electron chi connectivity index (χ1n) is 17.1. The third-order valence-electron chi connectivity index (χ3n) is 8.46. The van der Waals surface area contributed by atoms with Crippen molar-refractivity contribution in [2.24, 2.45) is 5.16 Å². The zero-order valence-electron chi connectivity index (χ0n) is 32.0. The molecule has 0 spiro atoms. The summed E-state index contributed by atoms with van der Waals surface area (Å²) in [6.07, 6.45) is -14.8. The Balaban J connectivity index is 0.00000480. The molecule has 0 aliphatic carbocycles. The molecule has 2 aliphatic rings. The standard InChI is InChI=1S/C31H40N4O21P2.2Na/c1-15-10-23(38)52-18-11-16(4-5-17(15)18)49-14-22(37)32-7-2-3-9-50-33-12-19-24(39)26(41)28(43)30(54-19)55-58(47,48)56-57(45,46)51-13-20-25(40)27(42)29(53-20)35-8-6-21(36)34-31(35)44;;/h4-6,8,10-12,19-20,24-30,39-43H,2-3,7,9,13-14H2,1H3,(H,32,37)(H,45,46)(H,47,48)(H,34,36,44);;/q;2*+1/p-2/b33-12+;;/t19-,20-,24+,25-,26+,27-,28-,29-,30?;;/m1../s1. The minimum absolute atomic E-state index is 0. The number of H-pyrrole nitrogens is 1. The van der Waals surface area contributed by atoms with Crippen LogP contribution in [0, 0.1) is 6.92 Å². The van der Waals surface area contributed by atoms with Gasteiger partial charge < -0.3 is 68.6 Å². The molecular formula is C31H38N4Na2O21P2. The van der Waals surface area contributed by atoms with Crippen LogP contribution < -0.4 is 95.8 Å². The number of aromatic nitrogens is 2. The van der Waals surface area contributed by atoms with Gasteiger partial charge in [0.1, 0.15) is 60.7 Å². The van der Waals surface area contributed by atoms with Gasteiger partial charge in [0.05, 0.1) is 12.8 Å². The van der Waals surface area contributed by atoms with Gasteiger partial charge in [-0.15, -0.1) is 0 Å². The molecule has 60 heavy (non-hydrogen) atoms. The van der Waals surface area contributed by atoms with E-state index < -0.39 is 100 Å². The number of amides is 1. The molecule has 2 fully saturated rings. The van der Waals surface area contributed by atoms with Crippen LogP contribution in [0.4, 0.5) is 0 Å². The Morgan fingerprint density at radius 2 is 1.70 bits per heavy atom. The van der Waals surface area contributed by atoms with E-state index in [9.17, 15) is 63.6 Å². The van der Waals surface area contributed by atoms with Crippen LogP contribution in [0.1, 0.15) is 24.6 Å². The molecule has 1 amide bonds. The number of carbonyl (C=O) groups is 1. The van der Waals surface area contributed by atoms with Crippen molar-refractivity contribution in [3.05, 3.63) is 73.4 Å². The molecule has 0 bridgehead atoms. The number of oxime groups is 1. The van der Waals surface area contributed by atoms with Crippen LogP contribution in [0.25, 0.3) is 11.0 Å². The monoisotopic (exact) mass is 910 g/mol. The SMILES string of the molecule is Cc1cc(=O)oc2cc(OCC(=O)NCCCCO/N=C/[C@H]3OC(OP(=O)([O-])OP(=O)([O-])OC[C@H]4O[C@@H](n5ccc(=O)[nH]c5=O)[C@H](O)[C@@H]4O)[C@H](O)[C@@H](O)[C@H]3O)ccc12.[Na+].[Na+]. The van der Waals surface area contributed by atoms with Crippen LogP contribution in [0.15, 0.2) is 60.5 Å². The van der Waals surface area contributed by atoms with Crippen molar-refractivity contribution in [1.29, 1.82) is 0 Å². The van der Waals surface area contributed by atoms with Gasteiger partial charge in [-0.3, -0.25) is 32.8 Å². The summed E-state index contributed by atoms with van der Waals surface area (Å²) in [6, 6.07) is 7.11. The molecule has 1 aromatic carbocycles. The molecule has 0 radical (unpaired) electrons. The summed E-state index contributed by atoms with van der Waals surface area (Å²) in [5, 5.41) is 58.2. The average Bonchev–Trinajstić information content (AvgIpc) is 3.42. The van der Waals surface area contributed by atoms with Gasteiger partial charge in [0.2, 0.25) is 0 Å². The Labute approximate surface area is 382 Å². The maximum Gasteiger partial charge on any atom is 1.00 e. The zero-order valence-corrected chi connectivity index (χ0v) is 37.8. The predicted octanol–water partition coefficient (Wildman–Crippen LogP) is -9.65. The van der Waals surface area contributed by atoms with Crippen LogP contribution in [-0.4, -0.2) is 123 Å².